The van der Waals surface area contributed by atoms with Gasteiger partial charge in [-0.1, -0.05) is 0 Å². The summed E-state index contributed by atoms with van der Waals surface area (Å²) in [5.41, 5.74) is 4.94. The molecule has 53 valence electrons. The summed E-state index contributed by atoms with van der Waals surface area (Å²) in [5, 5.41) is 8.01. The number of hydrogen-bond acceptors (Lipinski definition) is 4. The predicted molar refractivity (Wildman–Crippen MR) is 30.2 cm³/mol. The second-order valence-corrected chi connectivity index (χ2v) is 1.49. The molecule has 9 heavy (non-hydrogen) atoms. The van der Waals surface area contributed by atoms with Crippen LogP contribution in [0.1, 0.15) is 0 Å². The van der Waals surface area contributed by atoms with Crippen molar-refractivity contribution in [3.63, 3.8) is 0 Å². The van der Waals surface area contributed by atoms with Crippen molar-refractivity contribution >= 4 is 18.6 Å². The van der Waals surface area contributed by atoms with Crippen molar-refractivity contribution in [2.45, 2.75) is 6.04 Å². The molecular weight excluding hydrogens is 181 g/mol. The van der Waals surface area contributed by atoms with Gasteiger partial charge in [0.25, 0.3) is 0 Å². The molecule has 0 heterocycles. The van der Waals surface area contributed by atoms with Crippen molar-refractivity contribution in [2.75, 3.05) is 5.75 Å². The van der Waals surface area contributed by atoms with Crippen molar-refractivity contribution in [2.24, 2.45) is 5.73 Å². The van der Waals surface area contributed by atoms with Crippen LogP contribution in [0.25, 0.3) is 0 Å². The van der Waals surface area contributed by atoms with E-state index in [1.165, 1.54) is 0 Å². The van der Waals surface area contributed by atoms with Crippen molar-refractivity contribution in [3.8, 4) is 0 Å². The van der Waals surface area contributed by atoms with Gasteiger partial charge in [-0.2, -0.15) is 12.6 Å². The average Bonchev–Trinajstić information content (AvgIpc) is 1.91. The van der Waals surface area contributed by atoms with Crippen LogP contribution < -0.4 is 5.73 Å². The van der Waals surface area contributed by atoms with E-state index < -0.39 is 12.0 Å². The summed E-state index contributed by atoms with van der Waals surface area (Å²) < 4.78 is 8.19. The number of carbonyl (C=O) groups is 1. The second-order valence-electron chi connectivity index (χ2n) is 1.13. The quantitative estimate of drug-likeness (QED) is 0.496. The third-order valence-corrected chi connectivity index (χ3v) is 0.907. The minimum atomic E-state index is -1.00. The molecule has 0 aromatic heterocycles. The molecule has 0 rings (SSSR count). The molecule has 0 aliphatic carbocycles. The van der Waals surface area contributed by atoms with Crippen LogP contribution in [0.4, 0.5) is 0 Å². The fourth-order valence-electron chi connectivity index (χ4n) is 0.0781. The van der Waals surface area contributed by atoms with E-state index in [9.17, 15) is 4.79 Å². The molecule has 0 amide bonds. The van der Waals surface area contributed by atoms with Gasteiger partial charge in [0, 0.05) is 5.75 Å². The molecule has 6 heteroatoms. The SMILES string of the molecule is N[C@@H](CS)C(=O)O.[O]=[V]. The zero-order chi connectivity index (χ0) is 7.86. The van der Waals surface area contributed by atoms with E-state index in [1.54, 1.807) is 0 Å². The molecular formula is C3H7NO3SV. The zero-order valence-electron chi connectivity index (χ0n) is 4.52. The standard InChI is InChI=1S/C3H7NO2S.O.V/c4-2(1-7)3(5)6;;/h2,7H,1,4H2,(H,5,6);;/t2-;;/m0../s1. The van der Waals surface area contributed by atoms with Gasteiger partial charge in [0.05, 0.1) is 0 Å². The summed E-state index contributed by atoms with van der Waals surface area (Å²) in [5.74, 6) is -0.815. The maximum atomic E-state index is 9.76. The van der Waals surface area contributed by atoms with Crippen LogP contribution in [-0.4, -0.2) is 22.9 Å². The summed E-state index contributed by atoms with van der Waals surface area (Å²) in [6.45, 7) is 0. The third-order valence-electron chi connectivity index (χ3n) is 0.514. The summed E-state index contributed by atoms with van der Waals surface area (Å²) in [7, 11) is 0. The van der Waals surface area contributed by atoms with E-state index in [2.05, 4.69) is 12.6 Å². The van der Waals surface area contributed by atoms with Crippen LogP contribution in [0.5, 0.6) is 0 Å². The van der Waals surface area contributed by atoms with Gasteiger partial charge in [0.2, 0.25) is 0 Å². The van der Waals surface area contributed by atoms with Gasteiger partial charge in [-0.05, 0) is 0 Å². The second kappa shape index (κ2) is 8.16. The van der Waals surface area contributed by atoms with Crippen LogP contribution in [0.2, 0.25) is 0 Å². The number of hydrogen-bond donors (Lipinski definition) is 3. The Bertz CT molecular complexity index is 91.1. The molecule has 0 radical (unpaired) electrons. The van der Waals surface area contributed by atoms with E-state index >= 15 is 0 Å². The first kappa shape index (κ1) is 11.9. The summed E-state index contributed by atoms with van der Waals surface area (Å²) >= 11 is 4.71. The van der Waals surface area contributed by atoms with Gasteiger partial charge in [-0.25, -0.2) is 0 Å². The molecule has 0 spiro atoms. The Morgan fingerprint density at radius 1 is 1.78 bits per heavy atom. The molecule has 1 atom stereocenters. The Morgan fingerprint density at radius 3 is 2.11 bits per heavy atom. The molecule has 4 nitrogen and oxygen atoms in total. The van der Waals surface area contributed by atoms with Gasteiger partial charge in [-0.15, -0.1) is 0 Å². The van der Waals surface area contributed by atoms with E-state index in [-0.39, 0.29) is 5.75 Å². The summed E-state index contributed by atoms with van der Waals surface area (Å²) in [6.07, 6.45) is 0. The third kappa shape index (κ3) is 8.16. The number of carboxylic acid groups (broad SMARTS) is 1. The molecule has 0 aromatic rings. The Morgan fingerprint density at radius 2 is 2.11 bits per heavy atom. The maximum absolute atomic E-state index is 9.76. The van der Waals surface area contributed by atoms with E-state index in [1.807, 2.05) is 0 Å². The Kier molecular flexibility index (Phi) is 10.8. The molecule has 3 N–H and O–H groups in total. The fourth-order valence-corrected chi connectivity index (χ4v) is 0.234. The van der Waals surface area contributed by atoms with Gasteiger partial charge in [-0.3, -0.25) is 4.79 Å². The predicted octanol–water partition coefficient (Wildman–Crippen LogP) is -0.793. The van der Waals surface area contributed by atoms with Crippen LogP contribution in [0, 0.1) is 0 Å². The molecule has 0 aliphatic heterocycles. The molecule has 0 bridgehead atoms. The molecule has 0 aromatic carbocycles. The topological polar surface area (TPSA) is 80.4 Å². The van der Waals surface area contributed by atoms with Gasteiger partial charge in [0.15, 0.2) is 0 Å². The van der Waals surface area contributed by atoms with Crippen molar-refractivity contribution in [3.05, 3.63) is 0 Å². The average molecular weight is 188 g/mol. The first-order valence-corrected chi connectivity index (χ1v) is 3.16. The number of rotatable bonds is 2. The normalized spacial score (nSPS) is 10.8. The fraction of sp³-hybridized carbons (Fsp3) is 0.667. The molecule has 0 unspecified atom stereocenters. The molecule has 0 saturated carbocycles. The van der Waals surface area contributed by atoms with Gasteiger partial charge < -0.3 is 10.8 Å². The van der Waals surface area contributed by atoms with Crippen molar-refractivity contribution in [1.82, 2.24) is 0 Å². The van der Waals surface area contributed by atoms with E-state index in [0.717, 1.165) is 17.4 Å². The van der Waals surface area contributed by atoms with Crippen molar-refractivity contribution < 1.29 is 30.9 Å². The summed E-state index contributed by atoms with van der Waals surface area (Å²) in [6, 6.07) is -0.816. The number of carboxylic acids is 1. The molecule has 0 saturated heterocycles. The Labute approximate surface area is 67.4 Å². The molecule has 0 aliphatic rings. The molecule has 0 fully saturated rings. The summed E-state index contributed by atoms with van der Waals surface area (Å²) in [4.78, 5) is 9.76. The number of nitrogens with two attached hydrogens (primary N) is 1. The van der Waals surface area contributed by atoms with Crippen LogP contribution in [0.3, 0.4) is 0 Å². The zero-order valence-corrected chi connectivity index (χ0v) is 6.81. The van der Waals surface area contributed by atoms with Crippen LogP contribution in [0.15, 0.2) is 0 Å². The van der Waals surface area contributed by atoms with Gasteiger partial charge >= 0.3 is 27.0 Å². The van der Waals surface area contributed by atoms with Crippen LogP contribution in [-0.2, 0) is 25.8 Å². The number of thiol groups is 1. The monoisotopic (exact) mass is 188 g/mol. The first-order chi connectivity index (χ1) is 4.18. The van der Waals surface area contributed by atoms with E-state index in [4.69, 9.17) is 14.5 Å². The number of aliphatic carboxylic acids is 1. The van der Waals surface area contributed by atoms with Crippen LogP contribution >= 0.6 is 12.6 Å². The Balaban J connectivity index is 0. The van der Waals surface area contributed by atoms with E-state index in [0.29, 0.717) is 0 Å². The first-order valence-electron chi connectivity index (χ1n) is 1.96. The van der Waals surface area contributed by atoms with Gasteiger partial charge in [0.1, 0.15) is 6.04 Å². The van der Waals surface area contributed by atoms with Crippen molar-refractivity contribution in [1.29, 1.82) is 0 Å². The Hall–Kier alpha value is 0.164. The minimum absolute atomic E-state index is 0.190.